The lowest BCUT2D eigenvalue weighted by Crippen LogP contribution is -2.40. The molecule has 1 rings (SSSR count). The van der Waals surface area contributed by atoms with Crippen molar-refractivity contribution in [1.82, 2.24) is 10.6 Å². The van der Waals surface area contributed by atoms with Crippen molar-refractivity contribution in [2.45, 2.75) is 53.3 Å². The van der Waals surface area contributed by atoms with E-state index in [-0.39, 0.29) is 11.9 Å². The third-order valence-corrected chi connectivity index (χ3v) is 2.92. The number of nitrogens with one attached hydrogen (secondary N) is 2. The molecule has 1 aromatic carbocycles. The fourth-order valence-electron chi connectivity index (χ4n) is 1.85. The highest BCUT2D eigenvalue weighted by atomic mass is 16.5. The Kier molecular flexibility index (Phi) is 7.23. The summed E-state index contributed by atoms with van der Waals surface area (Å²) in [4.78, 5) is 11.8. The highest BCUT2D eigenvalue weighted by Gasteiger charge is 2.15. The first kappa shape index (κ1) is 17.5. The molecule has 0 aliphatic rings. The molecule has 1 aromatic rings. The lowest BCUT2D eigenvalue weighted by atomic mass is 10.2. The summed E-state index contributed by atoms with van der Waals surface area (Å²) >= 11 is 0. The van der Waals surface area contributed by atoms with Gasteiger partial charge in [0, 0.05) is 12.6 Å². The van der Waals surface area contributed by atoms with E-state index in [0.717, 1.165) is 13.1 Å². The van der Waals surface area contributed by atoms with E-state index in [1.54, 1.807) is 6.92 Å². The molecule has 118 valence electrons. The maximum Gasteiger partial charge on any atom is 0.260 e. The quantitative estimate of drug-likeness (QED) is 0.774. The van der Waals surface area contributed by atoms with Gasteiger partial charge in [0.1, 0.15) is 5.75 Å². The van der Waals surface area contributed by atoms with Gasteiger partial charge in [-0.25, -0.2) is 0 Å². The molecule has 0 aliphatic carbocycles. The molecule has 0 saturated carbocycles. The summed E-state index contributed by atoms with van der Waals surface area (Å²) in [6.07, 6.45) is -0.489. The second-order valence-electron chi connectivity index (χ2n) is 6.09. The van der Waals surface area contributed by atoms with Crippen LogP contribution in [-0.2, 0) is 11.3 Å². The molecule has 1 atom stereocenters. The van der Waals surface area contributed by atoms with Crippen LogP contribution in [0.2, 0.25) is 0 Å². The number of hydrogen-bond acceptors (Lipinski definition) is 3. The second kappa shape index (κ2) is 8.67. The van der Waals surface area contributed by atoms with Gasteiger partial charge in [0.05, 0.1) is 0 Å². The summed E-state index contributed by atoms with van der Waals surface area (Å²) in [6.45, 7) is 11.9. The monoisotopic (exact) mass is 292 g/mol. The van der Waals surface area contributed by atoms with Crippen molar-refractivity contribution in [3.8, 4) is 5.75 Å². The summed E-state index contributed by atoms with van der Waals surface area (Å²) in [5, 5.41) is 6.23. The molecule has 0 aromatic heterocycles. The van der Waals surface area contributed by atoms with E-state index < -0.39 is 6.10 Å². The topological polar surface area (TPSA) is 50.4 Å². The fourth-order valence-corrected chi connectivity index (χ4v) is 1.85. The molecule has 1 unspecified atom stereocenters. The minimum Gasteiger partial charge on any atom is -0.481 e. The molecular formula is C17H28N2O2. The molecule has 0 spiro atoms. The minimum absolute atomic E-state index is 0.0901. The van der Waals surface area contributed by atoms with Crippen molar-refractivity contribution in [1.29, 1.82) is 0 Å². The van der Waals surface area contributed by atoms with E-state index in [2.05, 4.69) is 24.5 Å². The standard InChI is InChI=1S/C17H28N2O2/c1-12(2)10-18-11-15-6-8-16(9-7-15)21-14(5)17(20)19-13(3)4/h6-9,12-14,18H,10-11H2,1-5H3,(H,19,20). The van der Waals surface area contributed by atoms with Crippen LogP contribution < -0.4 is 15.4 Å². The molecule has 2 N–H and O–H groups in total. The lowest BCUT2D eigenvalue weighted by Gasteiger charge is -2.16. The van der Waals surface area contributed by atoms with Gasteiger partial charge in [-0.1, -0.05) is 26.0 Å². The van der Waals surface area contributed by atoms with Gasteiger partial charge in [-0.3, -0.25) is 4.79 Å². The van der Waals surface area contributed by atoms with Crippen LogP contribution in [-0.4, -0.2) is 24.6 Å². The first-order valence-electron chi connectivity index (χ1n) is 7.65. The SMILES string of the molecule is CC(C)CNCc1ccc(OC(C)C(=O)NC(C)C)cc1. The van der Waals surface area contributed by atoms with Crippen molar-refractivity contribution >= 4 is 5.91 Å². The normalized spacial score (nSPS) is 12.5. The molecule has 0 fully saturated rings. The van der Waals surface area contributed by atoms with Crippen molar-refractivity contribution in [3.63, 3.8) is 0 Å². The number of benzene rings is 1. The van der Waals surface area contributed by atoms with Gasteiger partial charge in [-0.15, -0.1) is 0 Å². The lowest BCUT2D eigenvalue weighted by molar-refractivity contribution is -0.127. The molecule has 0 heterocycles. The Morgan fingerprint density at radius 3 is 2.24 bits per heavy atom. The van der Waals surface area contributed by atoms with Crippen molar-refractivity contribution in [3.05, 3.63) is 29.8 Å². The summed E-state index contributed by atoms with van der Waals surface area (Å²) in [5.41, 5.74) is 1.21. The van der Waals surface area contributed by atoms with Gasteiger partial charge in [0.25, 0.3) is 5.91 Å². The first-order chi connectivity index (χ1) is 9.88. The zero-order valence-electron chi connectivity index (χ0n) is 13.8. The van der Waals surface area contributed by atoms with E-state index in [0.29, 0.717) is 11.7 Å². The highest BCUT2D eigenvalue weighted by Crippen LogP contribution is 2.14. The van der Waals surface area contributed by atoms with Crippen LogP contribution in [0.25, 0.3) is 0 Å². The molecule has 0 bridgehead atoms. The third-order valence-electron chi connectivity index (χ3n) is 2.92. The maximum absolute atomic E-state index is 11.8. The Labute approximate surface area is 128 Å². The molecule has 0 aliphatic heterocycles. The molecule has 0 saturated heterocycles. The van der Waals surface area contributed by atoms with Crippen molar-refractivity contribution < 1.29 is 9.53 Å². The van der Waals surface area contributed by atoms with E-state index in [9.17, 15) is 4.79 Å². The zero-order valence-corrected chi connectivity index (χ0v) is 13.8. The van der Waals surface area contributed by atoms with Gasteiger partial charge in [-0.05, 0) is 50.9 Å². The molecule has 4 nitrogen and oxygen atoms in total. The van der Waals surface area contributed by atoms with Crippen LogP contribution >= 0.6 is 0 Å². The first-order valence-corrected chi connectivity index (χ1v) is 7.65. The third kappa shape index (κ3) is 7.14. The average molecular weight is 292 g/mol. The number of amides is 1. The average Bonchev–Trinajstić information content (AvgIpc) is 2.39. The van der Waals surface area contributed by atoms with Gasteiger partial charge in [0.15, 0.2) is 6.10 Å². The molecule has 1 amide bonds. The van der Waals surface area contributed by atoms with E-state index in [1.165, 1.54) is 5.56 Å². The smallest absolute Gasteiger partial charge is 0.260 e. The Hall–Kier alpha value is -1.55. The van der Waals surface area contributed by atoms with Crippen LogP contribution in [0.3, 0.4) is 0 Å². The molecular weight excluding hydrogens is 264 g/mol. The summed E-state index contributed by atoms with van der Waals surface area (Å²) < 4.78 is 5.64. The van der Waals surface area contributed by atoms with E-state index >= 15 is 0 Å². The van der Waals surface area contributed by atoms with Gasteiger partial charge in [-0.2, -0.15) is 0 Å². The highest BCUT2D eigenvalue weighted by molar-refractivity contribution is 5.80. The Morgan fingerprint density at radius 1 is 1.10 bits per heavy atom. The summed E-state index contributed by atoms with van der Waals surface area (Å²) in [5.74, 6) is 1.27. The number of carbonyl (C=O) groups is 1. The zero-order chi connectivity index (χ0) is 15.8. The number of hydrogen-bond donors (Lipinski definition) is 2. The minimum atomic E-state index is -0.489. The fraction of sp³-hybridized carbons (Fsp3) is 0.588. The van der Waals surface area contributed by atoms with Crippen molar-refractivity contribution in [2.24, 2.45) is 5.92 Å². The summed E-state index contributed by atoms with van der Waals surface area (Å²) in [6, 6.07) is 7.99. The predicted molar refractivity (Wildman–Crippen MR) is 86.4 cm³/mol. The van der Waals surface area contributed by atoms with Gasteiger partial charge >= 0.3 is 0 Å². The van der Waals surface area contributed by atoms with Gasteiger partial charge in [0.2, 0.25) is 0 Å². The van der Waals surface area contributed by atoms with Crippen LogP contribution in [0, 0.1) is 5.92 Å². The van der Waals surface area contributed by atoms with Crippen LogP contribution in [0.4, 0.5) is 0 Å². The second-order valence-corrected chi connectivity index (χ2v) is 6.09. The Bertz CT molecular complexity index is 427. The Balaban J connectivity index is 2.45. The van der Waals surface area contributed by atoms with Crippen LogP contribution in [0.15, 0.2) is 24.3 Å². The van der Waals surface area contributed by atoms with Crippen LogP contribution in [0.5, 0.6) is 5.75 Å². The summed E-state index contributed by atoms with van der Waals surface area (Å²) in [7, 11) is 0. The van der Waals surface area contributed by atoms with Crippen molar-refractivity contribution in [2.75, 3.05) is 6.54 Å². The number of rotatable bonds is 8. The van der Waals surface area contributed by atoms with E-state index in [4.69, 9.17) is 4.74 Å². The largest absolute Gasteiger partial charge is 0.481 e. The molecule has 0 radical (unpaired) electrons. The molecule has 4 heteroatoms. The number of ether oxygens (including phenoxy) is 1. The van der Waals surface area contributed by atoms with Crippen LogP contribution in [0.1, 0.15) is 40.2 Å². The molecule has 21 heavy (non-hydrogen) atoms. The Morgan fingerprint density at radius 2 is 1.71 bits per heavy atom. The van der Waals surface area contributed by atoms with Gasteiger partial charge < -0.3 is 15.4 Å². The predicted octanol–water partition coefficient (Wildman–Crippen LogP) is 2.72. The maximum atomic E-state index is 11.8. The van der Waals surface area contributed by atoms with E-state index in [1.807, 2.05) is 38.1 Å². The number of carbonyl (C=O) groups excluding carboxylic acids is 1.